The summed E-state index contributed by atoms with van der Waals surface area (Å²) >= 11 is 0. The predicted molar refractivity (Wildman–Crippen MR) is 292 cm³/mol. The summed E-state index contributed by atoms with van der Waals surface area (Å²) in [5.74, 6) is 3.35. The van der Waals surface area contributed by atoms with Crippen molar-refractivity contribution >= 4 is 0 Å². The fourth-order valence-corrected chi connectivity index (χ4v) is 11.5. The van der Waals surface area contributed by atoms with Crippen LogP contribution in [-0.4, -0.2) is 192 Å². The molecule has 0 spiro atoms. The zero-order valence-electron chi connectivity index (χ0n) is 48.6. The smallest absolute Gasteiger partial charge is 0.0200 e. The molecule has 0 amide bonds. The highest BCUT2D eigenvalue weighted by molar-refractivity contribution is 4.88. The van der Waals surface area contributed by atoms with Crippen LogP contribution < -0.4 is 0 Å². The van der Waals surface area contributed by atoms with E-state index in [1.807, 2.05) is 0 Å². The third-order valence-corrected chi connectivity index (χ3v) is 14.9. The first-order valence-corrected chi connectivity index (χ1v) is 28.1. The molecule has 4 rings (SSSR count). The standard InChI is InChI=1S/3C15H32N2.C12H26N2/c1-13(2)11-15(5,6)12-16-7-9-17(10-8-16)14(3)4;1-12(2)8-7-9-17-14(5)10-16(13(3)4)11-15(17)6;1-12(2)8-7-9-16-10-14(5)17(13(3)4)15(6)11-16;1-11(2)5-6-13-7-9-14(10-8-13)12(3)4/h13-14H,7-12H2,1-6H3;2*12-15H,7-11H2,1-6H3;11-12H,5-10H2,1-4H3/t;2*14-,15+;. The van der Waals surface area contributed by atoms with Gasteiger partial charge in [-0.25, -0.2) is 0 Å². The molecule has 65 heavy (non-hydrogen) atoms. The van der Waals surface area contributed by atoms with Gasteiger partial charge in [0, 0.05) is 133 Å². The number of hydrogen-bond acceptors (Lipinski definition) is 8. The SMILES string of the molecule is CC(C)CC(C)(C)CN1CCN(C(C)C)CC1.CC(C)CCCN1C[C@@H](C)N(C(C)C)[C@@H](C)C1.CC(C)CCCN1[C@H](C)CN(C(C)C)C[C@@H]1C.CC(C)CCN1CCN(C(C)C)CC1. The van der Waals surface area contributed by atoms with E-state index in [1.165, 1.54) is 143 Å². The third kappa shape index (κ3) is 27.0. The van der Waals surface area contributed by atoms with Gasteiger partial charge in [-0.1, -0.05) is 69.2 Å². The maximum absolute atomic E-state index is 2.71. The van der Waals surface area contributed by atoms with Crippen LogP contribution in [0.1, 0.15) is 191 Å². The normalized spacial score (nSPS) is 24.6. The Hall–Kier alpha value is -0.320. The van der Waals surface area contributed by atoms with E-state index in [2.05, 4.69) is 192 Å². The minimum absolute atomic E-state index is 0.466. The molecule has 0 unspecified atom stereocenters. The Kier molecular flexibility index (Phi) is 31.4. The fraction of sp³-hybridized carbons (Fsp3) is 1.00. The summed E-state index contributed by atoms with van der Waals surface area (Å²) in [7, 11) is 0. The molecular formula is C57H122N8. The number of nitrogens with zero attached hydrogens (tertiary/aromatic N) is 8. The van der Waals surface area contributed by atoms with E-state index in [-0.39, 0.29) is 0 Å². The molecule has 390 valence electrons. The van der Waals surface area contributed by atoms with Crippen molar-refractivity contribution < 1.29 is 0 Å². The van der Waals surface area contributed by atoms with E-state index in [4.69, 9.17) is 0 Å². The monoisotopic (exact) mass is 919 g/mol. The van der Waals surface area contributed by atoms with E-state index in [0.29, 0.717) is 47.7 Å². The summed E-state index contributed by atoms with van der Waals surface area (Å²) in [6.07, 6.45) is 8.13. The highest BCUT2D eigenvalue weighted by Gasteiger charge is 2.32. The maximum Gasteiger partial charge on any atom is 0.0200 e. The van der Waals surface area contributed by atoms with Crippen molar-refractivity contribution in [3.8, 4) is 0 Å². The predicted octanol–water partition coefficient (Wildman–Crippen LogP) is 11.6. The van der Waals surface area contributed by atoms with Crippen molar-refractivity contribution in [2.75, 3.05) is 105 Å². The summed E-state index contributed by atoms with van der Waals surface area (Å²) in [5, 5.41) is 0. The molecular weight excluding hydrogens is 797 g/mol. The molecule has 8 heteroatoms. The maximum atomic E-state index is 2.71. The van der Waals surface area contributed by atoms with Crippen LogP contribution in [0.2, 0.25) is 0 Å². The van der Waals surface area contributed by atoms with Crippen molar-refractivity contribution in [3.63, 3.8) is 0 Å². The van der Waals surface area contributed by atoms with Crippen LogP contribution in [0.15, 0.2) is 0 Å². The second-order valence-electron chi connectivity index (χ2n) is 25.4. The highest BCUT2D eigenvalue weighted by Crippen LogP contribution is 2.27. The highest BCUT2D eigenvalue weighted by atomic mass is 15.3. The van der Waals surface area contributed by atoms with Gasteiger partial charge in [0.25, 0.3) is 0 Å². The van der Waals surface area contributed by atoms with Gasteiger partial charge in [-0.2, -0.15) is 0 Å². The molecule has 0 aromatic heterocycles. The molecule has 0 aromatic rings. The molecule has 0 bridgehead atoms. The van der Waals surface area contributed by atoms with Crippen molar-refractivity contribution in [2.45, 2.75) is 239 Å². The molecule has 0 aliphatic carbocycles. The van der Waals surface area contributed by atoms with E-state index < -0.39 is 0 Å². The van der Waals surface area contributed by atoms with Crippen LogP contribution in [0.4, 0.5) is 0 Å². The van der Waals surface area contributed by atoms with Crippen LogP contribution >= 0.6 is 0 Å². The van der Waals surface area contributed by atoms with Crippen LogP contribution in [0.5, 0.6) is 0 Å². The summed E-state index contributed by atoms with van der Waals surface area (Å²) in [4.78, 5) is 21.1. The lowest BCUT2D eigenvalue weighted by Gasteiger charge is -2.46. The van der Waals surface area contributed by atoms with Gasteiger partial charge in [-0.3, -0.25) is 24.5 Å². The first-order valence-electron chi connectivity index (χ1n) is 28.1. The van der Waals surface area contributed by atoms with Crippen LogP contribution in [0.25, 0.3) is 0 Å². The Labute approximate surface area is 410 Å². The summed E-state index contributed by atoms with van der Waals surface area (Å²) in [6, 6.07) is 5.65. The Morgan fingerprint density at radius 1 is 0.385 bits per heavy atom. The molecule has 4 atom stereocenters. The van der Waals surface area contributed by atoms with Crippen molar-refractivity contribution in [1.29, 1.82) is 0 Å². The summed E-state index contributed by atoms with van der Waals surface area (Å²) < 4.78 is 0. The molecule has 0 radical (unpaired) electrons. The van der Waals surface area contributed by atoms with E-state index in [1.54, 1.807) is 0 Å². The zero-order valence-corrected chi connectivity index (χ0v) is 48.6. The Balaban J connectivity index is 0.000000435. The second-order valence-corrected chi connectivity index (χ2v) is 25.4. The van der Waals surface area contributed by atoms with Gasteiger partial charge < -0.3 is 14.7 Å². The van der Waals surface area contributed by atoms with Gasteiger partial charge >= 0.3 is 0 Å². The Bertz CT molecular complexity index is 1110. The van der Waals surface area contributed by atoms with Crippen LogP contribution in [0.3, 0.4) is 0 Å². The molecule has 4 aliphatic rings. The van der Waals surface area contributed by atoms with Gasteiger partial charge in [0.15, 0.2) is 0 Å². The molecule has 4 saturated heterocycles. The largest absolute Gasteiger partial charge is 0.301 e. The van der Waals surface area contributed by atoms with E-state index in [0.717, 1.165) is 29.7 Å². The van der Waals surface area contributed by atoms with Gasteiger partial charge in [-0.15, -0.1) is 0 Å². The zero-order chi connectivity index (χ0) is 49.6. The lowest BCUT2D eigenvalue weighted by molar-refractivity contribution is 0.0158. The summed E-state index contributed by atoms with van der Waals surface area (Å²) in [6.45, 7) is 71.6. The van der Waals surface area contributed by atoms with Crippen LogP contribution in [-0.2, 0) is 0 Å². The minimum atomic E-state index is 0.466. The fourth-order valence-electron chi connectivity index (χ4n) is 11.5. The average molecular weight is 920 g/mol. The minimum Gasteiger partial charge on any atom is -0.301 e. The first-order chi connectivity index (χ1) is 30.2. The Morgan fingerprint density at radius 3 is 1.15 bits per heavy atom. The second kappa shape index (κ2) is 32.5. The molecule has 0 aromatic carbocycles. The third-order valence-electron chi connectivity index (χ3n) is 14.9. The van der Waals surface area contributed by atoms with Crippen molar-refractivity contribution in [2.24, 2.45) is 29.1 Å². The average Bonchev–Trinajstić information content (AvgIpc) is 3.18. The topological polar surface area (TPSA) is 25.9 Å². The molecule has 4 fully saturated rings. The first kappa shape index (κ1) is 62.7. The molecule has 4 heterocycles. The Morgan fingerprint density at radius 2 is 0.785 bits per heavy atom. The lowest BCUT2D eigenvalue weighted by atomic mass is 9.83. The van der Waals surface area contributed by atoms with Crippen LogP contribution in [0, 0.1) is 29.1 Å². The van der Waals surface area contributed by atoms with Crippen molar-refractivity contribution in [3.05, 3.63) is 0 Å². The van der Waals surface area contributed by atoms with Gasteiger partial charge in [0.05, 0.1) is 0 Å². The molecule has 4 aliphatic heterocycles. The van der Waals surface area contributed by atoms with Gasteiger partial charge in [0.1, 0.15) is 0 Å². The van der Waals surface area contributed by atoms with Gasteiger partial charge in [-0.05, 0) is 170 Å². The lowest BCUT2D eigenvalue weighted by Crippen LogP contribution is -2.58. The van der Waals surface area contributed by atoms with Gasteiger partial charge in [0.2, 0.25) is 0 Å². The van der Waals surface area contributed by atoms with E-state index in [9.17, 15) is 0 Å². The van der Waals surface area contributed by atoms with E-state index >= 15 is 0 Å². The molecule has 8 nitrogen and oxygen atoms in total. The quantitative estimate of drug-likeness (QED) is 0.126. The summed E-state index contributed by atoms with van der Waals surface area (Å²) in [5.41, 5.74) is 0.466. The number of rotatable bonds is 19. The molecule has 0 saturated carbocycles. The molecule has 0 N–H and O–H groups in total. The number of hydrogen-bond donors (Lipinski definition) is 0. The number of piperazine rings is 4. The van der Waals surface area contributed by atoms with Crippen molar-refractivity contribution in [1.82, 2.24) is 39.2 Å².